The van der Waals surface area contributed by atoms with Crippen molar-refractivity contribution < 1.29 is 9.53 Å². The minimum atomic E-state index is -0.160. The molecule has 3 rings (SSSR count). The molecule has 5 nitrogen and oxygen atoms in total. The van der Waals surface area contributed by atoms with E-state index in [4.69, 9.17) is 10.00 Å². The summed E-state index contributed by atoms with van der Waals surface area (Å²) < 4.78 is 4.99. The molecule has 0 bridgehead atoms. The molecule has 0 radical (unpaired) electrons. The number of fused-ring (bicyclic) bond motifs is 1. The molecule has 2 aromatic rings. The number of para-hydroxylation sites is 1. The number of ether oxygens (including phenoxy) is 1. The van der Waals surface area contributed by atoms with Gasteiger partial charge in [0.2, 0.25) is 0 Å². The maximum Gasteiger partial charge on any atom is 0.309 e. The van der Waals surface area contributed by atoms with Gasteiger partial charge in [-0.25, -0.2) is 0 Å². The summed E-state index contributed by atoms with van der Waals surface area (Å²) in [5.41, 5.74) is 2.20. The molecular formula is C17H19N3O2. The third kappa shape index (κ3) is 2.58. The van der Waals surface area contributed by atoms with E-state index in [1.165, 1.54) is 7.11 Å². The molecule has 0 spiro atoms. The lowest BCUT2D eigenvalue weighted by molar-refractivity contribution is -0.147. The van der Waals surface area contributed by atoms with Crippen LogP contribution in [0.15, 0.2) is 30.5 Å². The fraction of sp³-hybridized carbons (Fsp3) is 0.412. The van der Waals surface area contributed by atoms with Gasteiger partial charge in [-0.2, -0.15) is 5.26 Å². The van der Waals surface area contributed by atoms with E-state index in [0.29, 0.717) is 13.1 Å². The van der Waals surface area contributed by atoms with Gasteiger partial charge in [0.25, 0.3) is 0 Å². The number of nitrogens with one attached hydrogen (secondary N) is 1. The lowest BCUT2D eigenvalue weighted by atomic mass is 9.80. The van der Waals surface area contributed by atoms with Gasteiger partial charge in [0.15, 0.2) is 0 Å². The molecule has 1 aromatic carbocycles. The van der Waals surface area contributed by atoms with Gasteiger partial charge in [-0.3, -0.25) is 9.69 Å². The number of hydrogen-bond acceptors (Lipinski definition) is 4. The number of rotatable bonds is 3. The number of nitrogens with zero attached hydrogens (tertiary/aromatic N) is 2. The van der Waals surface area contributed by atoms with Crippen molar-refractivity contribution in [2.24, 2.45) is 5.92 Å². The largest absolute Gasteiger partial charge is 0.469 e. The summed E-state index contributed by atoms with van der Waals surface area (Å²) in [4.78, 5) is 17.5. The van der Waals surface area contributed by atoms with Gasteiger partial charge >= 0.3 is 5.97 Å². The fourth-order valence-electron chi connectivity index (χ4n) is 3.41. The van der Waals surface area contributed by atoms with Crippen molar-refractivity contribution in [1.29, 1.82) is 5.26 Å². The van der Waals surface area contributed by atoms with Crippen molar-refractivity contribution in [3.8, 4) is 6.07 Å². The van der Waals surface area contributed by atoms with Crippen molar-refractivity contribution >= 4 is 16.9 Å². The van der Waals surface area contributed by atoms with Crippen LogP contribution in [0.4, 0.5) is 0 Å². The number of carbonyl (C=O) groups excluding carboxylic acids is 1. The zero-order valence-electron chi connectivity index (χ0n) is 12.6. The molecule has 0 amide bonds. The minimum Gasteiger partial charge on any atom is -0.469 e. The number of hydrogen-bond donors (Lipinski definition) is 1. The van der Waals surface area contributed by atoms with Crippen molar-refractivity contribution in [1.82, 2.24) is 9.88 Å². The van der Waals surface area contributed by atoms with Crippen molar-refractivity contribution in [3.05, 3.63) is 36.0 Å². The zero-order chi connectivity index (χ0) is 15.5. The first-order valence-electron chi connectivity index (χ1n) is 7.47. The lowest BCUT2D eigenvalue weighted by Crippen LogP contribution is -2.42. The van der Waals surface area contributed by atoms with Crippen molar-refractivity contribution in [2.75, 3.05) is 26.7 Å². The highest BCUT2D eigenvalue weighted by molar-refractivity contribution is 5.85. The predicted octanol–water partition coefficient (Wildman–Crippen LogP) is 2.27. The number of carbonyl (C=O) groups is 1. The molecule has 22 heavy (non-hydrogen) atoms. The second-order valence-electron chi connectivity index (χ2n) is 5.71. The average molecular weight is 297 g/mol. The lowest BCUT2D eigenvalue weighted by Gasteiger charge is -2.36. The number of methoxy groups -OCH3 is 1. The van der Waals surface area contributed by atoms with Crippen LogP contribution >= 0.6 is 0 Å². The number of H-pyrrole nitrogens is 1. The molecule has 1 aromatic heterocycles. The first kappa shape index (κ1) is 14.6. The molecule has 2 atom stereocenters. The summed E-state index contributed by atoms with van der Waals surface area (Å²) in [6.45, 7) is 1.86. The predicted molar refractivity (Wildman–Crippen MR) is 83.2 cm³/mol. The monoisotopic (exact) mass is 297 g/mol. The molecule has 0 aliphatic carbocycles. The molecule has 5 heteroatoms. The van der Waals surface area contributed by atoms with Crippen LogP contribution in [-0.2, 0) is 9.53 Å². The third-order valence-corrected chi connectivity index (χ3v) is 4.52. The van der Waals surface area contributed by atoms with Gasteiger partial charge in [0, 0.05) is 36.1 Å². The SMILES string of the molecule is COC(=O)C1CCN(CC#N)CC1c1c[nH]c2ccccc12. The normalized spacial score (nSPS) is 22.4. The number of benzene rings is 1. The number of aromatic amines is 1. The summed E-state index contributed by atoms with van der Waals surface area (Å²) in [5.74, 6) is -0.267. The second-order valence-corrected chi connectivity index (χ2v) is 5.71. The Bertz CT molecular complexity index is 716. The van der Waals surface area contributed by atoms with Crippen LogP contribution in [0, 0.1) is 17.2 Å². The van der Waals surface area contributed by atoms with E-state index < -0.39 is 0 Å². The van der Waals surface area contributed by atoms with E-state index >= 15 is 0 Å². The molecule has 2 unspecified atom stereocenters. The van der Waals surface area contributed by atoms with Crippen LogP contribution < -0.4 is 0 Å². The molecule has 1 aliphatic heterocycles. The first-order chi connectivity index (χ1) is 10.7. The van der Waals surface area contributed by atoms with Crippen LogP contribution in [0.2, 0.25) is 0 Å². The highest BCUT2D eigenvalue weighted by atomic mass is 16.5. The van der Waals surface area contributed by atoms with E-state index in [1.807, 2.05) is 24.4 Å². The molecule has 1 fully saturated rings. The van der Waals surface area contributed by atoms with Crippen LogP contribution in [0.25, 0.3) is 10.9 Å². The van der Waals surface area contributed by atoms with Gasteiger partial charge in [0.1, 0.15) is 0 Å². The Morgan fingerprint density at radius 1 is 1.50 bits per heavy atom. The van der Waals surface area contributed by atoms with Gasteiger partial charge in [-0.15, -0.1) is 0 Å². The number of aromatic nitrogens is 1. The van der Waals surface area contributed by atoms with Gasteiger partial charge in [-0.05, 0) is 18.1 Å². The second kappa shape index (κ2) is 6.20. The summed E-state index contributed by atoms with van der Waals surface area (Å²) in [7, 11) is 1.44. The standard InChI is InChI=1S/C17H19N3O2/c1-22-17(21)13-6-8-20(9-7-18)11-15(13)14-10-19-16-5-3-2-4-12(14)16/h2-5,10,13,15,19H,6,8-9,11H2,1H3. The highest BCUT2D eigenvalue weighted by Gasteiger charge is 2.36. The molecule has 1 saturated heterocycles. The summed E-state index contributed by atoms with van der Waals surface area (Å²) in [5, 5.41) is 10.1. The summed E-state index contributed by atoms with van der Waals surface area (Å²) in [6, 6.07) is 10.3. The Kier molecular flexibility index (Phi) is 4.12. The Morgan fingerprint density at radius 3 is 3.09 bits per heavy atom. The highest BCUT2D eigenvalue weighted by Crippen LogP contribution is 2.36. The summed E-state index contributed by atoms with van der Waals surface area (Å²) >= 11 is 0. The molecular weight excluding hydrogens is 278 g/mol. The fourth-order valence-corrected chi connectivity index (χ4v) is 3.41. The quantitative estimate of drug-likeness (QED) is 0.697. The average Bonchev–Trinajstić information content (AvgIpc) is 2.98. The number of nitriles is 1. The smallest absolute Gasteiger partial charge is 0.309 e. The van der Waals surface area contributed by atoms with Gasteiger partial charge in [0.05, 0.1) is 25.6 Å². The third-order valence-electron chi connectivity index (χ3n) is 4.52. The molecule has 0 saturated carbocycles. The van der Waals surface area contributed by atoms with Gasteiger partial charge < -0.3 is 9.72 Å². The summed E-state index contributed by atoms with van der Waals surface area (Å²) in [6.07, 6.45) is 2.71. The number of piperidine rings is 1. The van der Waals surface area contributed by atoms with E-state index in [1.54, 1.807) is 0 Å². The maximum absolute atomic E-state index is 12.2. The zero-order valence-corrected chi connectivity index (χ0v) is 12.6. The van der Waals surface area contributed by atoms with Crippen molar-refractivity contribution in [2.45, 2.75) is 12.3 Å². The van der Waals surface area contributed by atoms with E-state index in [0.717, 1.165) is 29.4 Å². The van der Waals surface area contributed by atoms with Crippen molar-refractivity contribution in [3.63, 3.8) is 0 Å². The van der Waals surface area contributed by atoms with Crippen LogP contribution in [0.3, 0.4) is 0 Å². The van der Waals surface area contributed by atoms with Crippen LogP contribution in [-0.4, -0.2) is 42.6 Å². The van der Waals surface area contributed by atoms with Crippen LogP contribution in [0.1, 0.15) is 17.9 Å². The van der Waals surface area contributed by atoms with E-state index in [9.17, 15) is 4.79 Å². The Balaban J connectivity index is 1.98. The number of esters is 1. The molecule has 114 valence electrons. The molecule has 2 heterocycles. The molecule has 1 N–H and O–H groups in total. The molecule has 1 aliphatic rings. The first-order valence-corrected chi connectivity index (χ1v) is 7.47. The number of likely N-dealkylation sites (tertiary alicyclic amines) is 1. The van der Waals surface area contributed by atoms with Crippen LogP contribution in [0.5, 0.6) is 0 Å². The van der Waals surface area contributed by atoms with E-state index in [-0.39, 0.29) is 17.8 Å². The van der Waals surface area contributed by atoms with Gasteiger partial charge in [-0.1, -0.05) is 18.2 Å². The topological polar surface area (TPSA) is 69.1 Å². The Labute approximate surface area is 129 Å². The maximum atomic E-state index is 12.2. The Morgan fingerprint density at radius 2 is 2.32 bits per heavy atom. The minimum absolute atomic E-state index is 0.0469. The Hall–Kier alpha value is -2.32. The van der Waals surface area contributed by atoms with E-state index in [2.05, 4.69) is 22.0 Å².